The number of anilines is 1. The van der Waals surface area contributed by atoms with E-state index in [1.807, 2.05) is 18.2 Å². The summed E-state index contributed by atoms with van der Waals surface area (Å²) < 4.78 is 26.4. The largest absolute Gasteiger partial charge is 0.306 e. The highest BCUT2D eigenvalue weighted by Crippen LogP contribution is 2.31. The Balaban J connectivity index is 2.00. The summed E-state index contributed by atoms with van der Waals surface area (Å²) in [6.45, 7) is 0.476. The molecule has 24 heavy (non-hydrogen) atoms. The van der Waals surface area contributed by atoms with Crippen LogP contribution in [0.25, 0.3) is 0 Å². The molecule has 122 valence electrons. The molecule has 0 radical (unpaired) electrons. The van der Waals surface area contributed by atoms with Gasteiger partial charge in [0.15, 0.2) is 11.6 Å². The predicted molar refractivity (Wildman–Crippen MR) is 90.4 cm³/mol. The Morgan fingerprint density at radius 2 is 1.92 bits per heavy atom. The summed E-state index contributed by atoms with van der Waals surface area (Å²) in [5.41, 5.74) is 1.86. The van der Waals surface area contributed by atoms with Crippen molar-refractivity contribution in [2.24, 2.45) is 9.98 Å². The lowest BCUT2D eigenvalue weighted by atomic mass is 10.1. The third-order valence-electron chi connectivity index (χ3n) is 3.71. The van der Waals surface area contributed by atoms with Crippen LogP contribution in [0.1, 0.15) is 12.0 Å². The van der Waals surface area contributed by atoms with Crippen molar-refractivity contribution in [3.8, 4) is 0 Å². The highest BCUT2D eigenvalue weighted by molar-refractivity contribution is 6.54. The first-order valence-electron chi connectivity index (χ1n) is 7.47. The van der Waals surface area contributed by atoms with Gasteiger partial charge in [0, 0.05) is 37.9 Å². The maximum Gasteiger partial charge on any atom is 0.277 e. The van der Waals surface area contributed by atoms with Crippen molar-refractivity contribution in [2.75, 3.05) is 18.5 Å². The molecule has 1 amide bonds. The summed E-state index contributed by atoms with van der Waals surface area (Å²) in [6, 6.07) is 10.6. The number of hydrogen-bond donors (Lipinski definition) is 0. The SMILES string of the molecule is CN=CCCN1C(=O)C(=Nc2ccc(F)c(F)c2)c2ccccc21. The van der Waals surface area contributed by atoms with Crippen molar-refractivity contribution in [3.05, 3.63) is 59.7 Å². The second kappa shape index (κ2) is 6.70. The van der Waals surface area contributed by atoms with Crippen LogP contribution in [0.2, 0.25) is 0 Å². The Hall–Kier alpha value is -2.89. The van der Waals surface area contributed by atoms with Gasteiger partial charge in [0.2, 0.25) is 0 Å². The van der Waals surface area contributed by atoms with Crippen molar-refractivity contribution in [3.63, 3.8) is 0 Å². The second-order valence-corrected chi connectivity index (χ2v) is 5.26. The van der Waals surface area contributed by atoms with Crippen LogP contribution in [0.4, 0.5) is 20.2 Å². The van der Waals surface area contributed by atoms with Gasteiger partial charge >= 0.3 is 0 Å². The summed E-state index contributed by atoms with van der Waals surface area (Å²) >= 11 is 0. The highest BCUT2D eigenvalue weighted by atomic mass is 19.2. The fraction of sp³-hybridized carbons (Fsp3) is 0.167. The van der Waals surface area contributed by atoms with Crippen molar-refractivity contribution in [2.45, 2.75) is 6.42 Å². The van der Waals surface area contributed by atoms with Gasteiger partial charge in [0.1, 0.15) is 5.71 Å². The van der Waals surface area contributed by atoms with E-state index in [-0.39, 0.29) is 17.3 Å². The Labute approximate surface area is 138 Å². The molecule has 2 aromatic carbocycles. The number of para-hydroxylation sites is 1. The van der Waals surface area contributed by atoms with Crippen LogP contribution in [0.3, 0.4) is 0 Å². The monoisotopic (exact) mass is 327 g/mol. The first kappa shape index (κ1) is 16.0. The van der Waals surface area contributed by atoms with Gasteiger partial charge in [0.25, 0.3) is 5.91 Å². The summed E-state index contributed by atoms with van der Waals surface area (Å²) in [6.07, 6.45) is 2.36. The number of carbonyl (C=O) groups excluding carboxylic acids is 1. The Bertz CT molecular complexity index is 846. The third-order valence-corrected chi connectivity index (χ3v) is 3.71. The van der Waals surface area contributed by atoms with Crippen LogP contribution in [-0.2, 0) is 4.79 Å². The summed E-state index contributed by atoms with van der Waals surface area (Å²) in [5.74, 6) is -2.20. The highest BCUT2D eigenvalue weighted by Gasteiger charge is 2.33. The number of hydrogen-bond acceptors (Lipinski definition) is 3. The molecule has 0 atom stereocenters. The minimum absolute atomic E-state index is 0.198. The molecule has 0 aliphatic carbocycles. The third kappa shape index (κ3) is 2.95. The summed E-state index contributed by atoms with van der Waals surface area (Å²) in [7, 11) is 1.68. The number of amides is 1. The van der Waals surface area contributed by atoms with Crippen molar-refractivity contribution >= 4 is 29.2 Å². The molecule has 0 bridgehead atoms. The Morgan fingerprint density at radius 1 is 1.12 bits per heavy atom. The average molecular weight is 327 g/mol. The molecule has 0 saturated heterocycles. The first-order chi connectivity index (χ1) is 11.6. The molecule has 1 aliphatic heterocycles. The molecule has 6 heteroatoms. The minimum Gasteiger partial charge on any atom is -0.306 e. The van der Waals surface area contributed by atoms with Gasteiger partial charge in [-0.15, -0.1) is 0 Å². The van der Waals surface area contributed by atoms with Crippen molar-refractivity contribution in [1.29, 1.82) is 0 Å². The van der Waals surface area contributed by atoms with E-state index in [1.165, 1.54) is 6.07 Å². The van der Waals surface area contributed by atoms with Gasteiger partial charge in [-0.2, -0.15) is 0 Å². The van der Waals surface area contributed by atoms with Crippen LogP contribution < -0.4 is 4.90 Å². The zero-order valence-electron chi connectivity index (χ0n) is 13.0. The molecule has 2 aromatic rings. The predicted octanol–water partition coefficient (Wildman–Crippen LogP) is 3.52. The maximum atomic E-state index is 13.4. The molecule has 0 unspecified atom stereocenters. The Kier molecular flexibility index (Phi) is 4.46. The van der Waals surface area contributed by atoms with Crippen molar-refractivity contribution < 1.29 is 13.6 Å². The van der Waals surface area contributed by atoms with E-state index >= 15 is 0 Å². The molecular formula is C18H15F2N3O. The summed E-state index contributed by atoms with van der Waals surface area (Å²) in [5, 5.41) is 0. The first-order valence-corrected chi connectivity index (χ1v) is 7.47. The zero-order chi connectivity index (χ0) is 17.1. The molecule has 1 heterocycles. The fourth-order valence-electron chi connectivity index (χ4n) is 2.59. The molecular weight excluding hydrogens is 312 g/mol. The minimum atomic E-state index is -0.994. The standard InChI is InChI=1S/C18H15F2N3O/c1-21-9-4-10-23-16-6-3-2-5-13(16)17(18(23)24)22-12-7-8-14(19)15(20)11-12/h2-3,5-9,11H,4,10H2,1H3. The fourth-order valence-corrected chi connectivity index (χ4v) is 2.59. The molecule has 0 spiro atoms. The average Bonchev–Trinajstić information content (AvgIpc) is 2.84. The number of rotatable bonds is 4. The molecule has 3 rings (SSSR count). The van der Waals surface area contributed by atoms with Crippen LogP contribution in [-0.4, -0.2) is 31.4 Å². The zero-order valence-corrected chi connectivity index (χ0v) is 13.0. The summed E-state index contributed by atoms with van der Waals surface area (Å²) in [4.78, 5) is 22.5. The van der Waals surface area contributed by atoms with Crippen molar-refractivity contribution in [1.82, 2.24) is 0 Å². The van der Waals surface area contributed by atoms with E-state index in [0.717, 1.165) is 17.8 Å². The number of fused-ring (bicyclic) bond motifs is 1. The molecule has 1 aliphatic rings. The van der Waals surface area contributed by atoms with Gasteiger partial charge < -0.3 is 9.89 Å². The molecule has 0 saturated carbocycles. The van der Waals surface area contributed by atoms with E-state index in [1.54, 1.807) is 24.2 Å². The molecule has 0 N–H and O–H groups in total. The topological polar surface area (TPSA) is 45.0 Å². The number of carbonyl (C=O) groups is 1. The van der Waals surface area contributed by atoms with E-state index in [0.29, 0.717) is 18.5 Å². The Morgan fingerprint density at radius 3 is 2.67 bits per heavy atom. The second-order valence-electron chi connectivity index (χ2n) is 5.26. The number of benzene rings is 2. The molecule has 0 fully saturated rings. The number of halogens is 2. The molecule has 4 nitrogen and oxygen atoms in total. The van der Waals surface area contributed by atoms with Crippen LogP contribution in [0, 0.1) is 11.6 Å². The van der Waals surface area contributed by atoms with Gasteiger partial charge in [-0.3, -0.25) is 4.79 Å². The van der Waals surface area contributed by atoms with Gasteiger partial charge in [-0.1, -0.05) is 18.2 Å². The number of nitrogens with zero attached hydrogens (tertiary/aromatic N) is 3. The van der Waals surface area contributed by atoms with Crippen LogP contribution in [0.5, 0.6) is 0 Å². The lowest BCUT2D eigenvalue weighted by Crippen LogP contribution is -2.31. The quantitative estimate of drug-likeness (QED) is 0.793. The number of aliphatic imine (C=N–C) groups is 2. The smallest absolute Gasteiger partial charge is 0.277 e. The van der Waals surface area contributed by atoms with Gasteiger partial charge in [0.05, 0.1) is 11.4 Å². The van der Waals surface area contributed by atoms with Gasteiger partial charge in [-0.25, -0.2) is 13.8 Å². The van der Waals surface area contributed by atoms with Gasteiger partial charge in [-0.05, 0) is 18.2 Å². The molecule has 0 aromatic heterocycles. The van der Waals surface area contributed by atoms with E-state index in [9.17, 15) is 13.6 Å². The normalized spacial score (nSPS) is 15.5. The van der Waals surface area contributed by atoms with E-state index < -0.39 is 11.6 Å². The van der Waals surface area contributed by atoms with E-state index in [4.69, 9.17) is 0 Å². The van der Waals surface area contributed by atoms with E-state index in [2.05, 4.69) is 9.98 Å². The van der Waals surface area contributed by atoms with Crippen LogP contribution >= 0.6 is 0 Å². The lowest BCUT2D eigenvalue weighted by molar-refractivity contribution is -0.112. The lowest BCUT2D eigenvalue weighted by Gasteiger charge is -2.15. The van der Waals surface area contributed by atoms with Crippen LogP contribution in [0.15, 0.2) is 52.4 Å². The maximum absolute atomic E-state index is 13.4.